The third kappa shape index (κ3) is 4.85. The molecule has 0 saturated carbocycles. The Morgan fingerprint density at radius 3 is 1.75 bits per heavy atom. The van der Waals surface area contributed by atoms with Gasteiger partial charge in [-0.3, -0.25) is 18.9 Å². The maximum absolute atomic E-state index is 12.0. The quantitative estimate of drug-likeness (QED) is 0.175. The molecule has 7 heteroatoms. The highest BCUT2D eigenvalue weighted by molar-refractivity contribution is 5.93. The molecule has 8 rings (SSSR count). The van der Waals surface area contributed by atoms with Crippen LogP contribution in [-0.4, -0.2) is 30.1 Å². The van der Waals surface area contributed by atoms with Crippen molar-refractivity contribution in [2.24, 2.45) is 5.73 Å². The standard InChI is InChI=1S/C41H30N6O/c42-40(48)30-21-19-29(20-22-30)39-35(31-23-24-38-44-26-37(46(38)27-31)36-18-10-11-25-43-36)28-47(45-39)41(32-12-4-1-5-13-32,33-14-6-2-7-15-33)34-16-8-3-9-17-34/h1-28H,(H2,42,48). The molecule has 0 unspecified atom stereocenters. The summed E-state index contributed by atoms with van der Waals surface area (Å²) in [4.78, 5) is 21.2. The van der Waals surface area contributed by atoms with Gasteiger partial charge in [0.1, 0.15) is 16.9 Å². The Balaban J connectivity index is 1.43. The van der Waals surface area contributed by atoms with Gasteiger partial charge in [-0.1, -0.05) is 109 Å². The number of hydrogen-bond donors (Lipinski definition) is 1. The lowest BCUT2D eigenvalue weighted by atomic mass is 9.77. The van der Waals surface area contributed by atoms with Gasteiger partial charge in [-0.2, -0.15) is 5.10 Å². The van der Waals surface area contributed by atoms with Gasteiger partial charge in [0.05, 0.1) is 17.6 Å². The van der Waals surface area contributed by atoms with Crippen molar-refractivity contribution < 1.29 is 4.79 Å². The van der Waals surface area contributed by atoms with Crippen LogP contribution in [0, 0.1) is 0 Å². The zero-order valence-electron chi connectivity index (χ0n) is 25.9. The first-order valence-corrected chi connectivity index (χ1v) is 15.7. The van der Waals surface area contributed by atoms with Crippen LogP contribution in [-0.2, 0) is 5.54 Å². The molecule has 0 aliphatic rings. The van der Waals surface area contributed by atoms with E-state index in [0.717, 1.165) is 56.1 Å². The third-order valence-electron chi connectivity index (χ3n) is 8.82. The summed E-state index contributed by atoms with van der Waals surface area (Å²) in [5.41, 5.74) is 14.4. The number of amides is 1. The normalized spacial score (nSPS) is 11.5. The number of carbonyl (C=O) groups is 1. The summed E-state index contributed by atoms with van der Waals surface area (Å²) in [7, 11) is 0. The molecular formula is C41H30N6O. The molecule has 0 spiro atoms. The lowest BCUT2D eigenvalue weighted by molar-refractivity contribution is 0.100. The summed E-state index contributed by atoms with van der Waals surface area (Å²) in [5, 5.41) is 5.44. The van der Waals surface area contributed by atoms with Gasteiger partial charge in [-0.05, 0) is 53.1 Å². The molecule has 230 valence electrons. The van der Waals surface area contributed by atoms with Crippen molar-refractivity contribution in [2.45, 2.75) is 5.54 Å². The molecule has 7 nitrogen and oxygen atoms in total. The molecule has 1 amide bonds. The van der Waals surface area contributed by atoms with Gasteiger partial charge < -0.3 is 5.73 Å². The Labute approximate surface area is 277 Å². The average Bonchev–Trinajstić information content (AvgIpc) is 3.79. The molecule has 0 aliphatic heterocycles. The molecule has 4 aromatic carbocycles. The van der Waals surface area contributed by atoms with Crippen molar-refractivity contribution in [1.82, 2.24) is 24.1 Å². The van der Waals surface area contributed by atoms with Gasteiger partial charge in [-0.15, -0.1) is 0 Å². The van der Waals surface area contributed by atoms with E-state index in [1.807, 2.05) is 60.8 Å². The number of hydrogen-bond acceptors (Lipinski definition) is 4. The first-order chi connectivity index (χ1) is 23.6. The minimum atomic E-state index is -0.817. The number of pyridine rings is 2. The minimum absolute atomic E-state index is 0.437. The fraction of sp³-hybridized carbons (Fsp3) is 0.0244. The number of rotatable bonds is 8. The molecule has 0 atom stereocenters. The summed E-state index contributed by atoms with van der Waals surface area (Å²) < 4.78 is 4.14. The van der Waals surface area contributed by atoms with Gasteiger partial charge >= 0.3 is 0 Å². The molecule has 4 heterocycles. The van der Waals surface area contributed by atoms with Crippen LogP contribution in [0.4, 0.5) is 0 Å². The molecular weight excluding hydrogens is 592 g/mol. The Kier molecular flexibility index (Phi) is 7.19. The highest BCUT2D eigenvalue weighted by Gasteiger charge is 2.40. The van der Waals surface area contributed by atoms with E-state index in [-0.39, 0.29) is 0 Å². The number of nitrogens with two attached hydrogens (primary N) is 1. The van der Waals surface area contributed by atoms with E-state index in [0.29, 0.717) is 5.56 Å². The van der Waals surface area contributed by atoms with E-state index in [1.165, 1.54) is 0 Å². The average molecular weight is 623 g/mol. The molecule has 0 fully saturated rings. The van der Waals surface area contributed by atoms with E-state index in [2.05, 4.69) is 110 Å². The topological polar surface area (TPSA) is 91.1 Å². The summed E-state index contributed by atoms with van der Waals surface area (Å²) in [6, 6.07) is 48.6. The number of imidazole rings is 1. The van der Waals surface area contributed by atoms with Crippen LogP contribution in [0.1, 0.15) is 27.0 Å². The molecule has 0 radical (unpaired) electrons. The first kappa shape index (κ1) is 28.8. The second-order valence-corrected chi connectivity index (χ2v) is 11.6. The van der Waals surface area contributed by atoms with Gasteiger partial charge in [-0.25, -0.2) is 4.98 Å². The number of benzene rings is 4. The van der Waals surface area contributed by atoms with Crippen LogP contribution in [0.15, 0.2) is 170 Å². The van der Waals surface area contributed by atoms with Gasteiger partial charge in [0.15, 0.2) is 0 Å². The monoisotopic (exact) mass is 622 g/mol. The smallest absolute Gasteiger partial charge is 0.248 e. The van der Waals surface area contributed by atoms with Crippen LogP contribution in [0.3, 0.4) is 0 Å². The number of nitrogens with zero attached hydrogens (tertiary/aromatic N) is 5. The van der Waals surface area contributed by atoms with Gasteiger partial charge in [0.25, 0.3) is 0 Å². The number of aromatic nitrogens is 5. The predicted molar refractivity (Wildman–Crippen MR) is 188 cm³/mol. The maximum atomic E-state index is 12.0. The van der Waals surface area contributed by atoms with Crippen LogP contribution in [0.25, 0.3) is 39.4 Å². The Morgan fingerprint density at radius 2 is 1.19 bits per heavy atom. The Morgan fingerprint density at radius 1 is 0.604 bits per heavy atom. The number of primary amides is 1. The van der Waals surface area contributed by atoms with E-state index in [4.69, 9.17) is 10.8 Å². The van der Waals surface area contributed by atoms with E-state index >= 15 is 0 Å². The zero-order valence-corrected chi connectivity index (χ0v) is 25.9. The van der Waals surface area contributed by atoms with Gasteiger partial charge in [0, 0.05) is 40.8 Å². The molecule has 0 bridgehead atoms. The van der Waals surface area contributed by atoms with Crippen molar-refractivity contribution in [3.8, 4) is 33.8 Å². The Bertz CT molecular complexity index is 2250. The van der Waals surface area contributed by atoms with Crippen LogP contribution in [0.5, 0.6) is 0 Å². The molecule has 4 aromatic heterocycles. The molecule has 0 aliphatic carbocycles. The van der Waals surface area contributed by atoms with E-state index in [9.17, 15) is 4.79 Å². The lowest BCUT2D eigenvalue weighted by Crippen LogP contribution is -2.38. The van der Waals surface area contributed by atoms with Crippen LogP contribution < -0.4 is 5.73 Å². The first-order valence-electron chi connectivity index (χ1n) is 15.7. The number of fused-ring (bicyclic) bond motifs is 1. The summed E-state index contributed by atoms with van der Waals surface area (Å²) in [6.07, 6.45) is 7.85. The van der Waals surface area contributed by atoms with E-state index < -0.39 is 11.4 Å². The van der Waals surface area contributed by atoms with Gasteiger partial charge in [0.2, 0.25) is 5.91 Å². The summed E-state index contributed by atoms with van der Waals surface area (Å²) in [5.74, 6) is -0.476. The van der Waals surface area contributed by atoms with Crippen molar-refractivity contribution in [3.63, 3.8) is 0 Å². The van der Waals surface area contributed by atoms with Crippen molar-refractivity contribution in [2.75, 3.05) is 0 Å². The van der Waals surface area contributed by atoms with Crippen molar-refractivity contribution >= 4 is 11.6 Å². The van der Waals surface area contributed by atoms with Crippen molar-refractivity contribution in [3.05, 3.63) is 193 Å². The summed E-state index contributed by atoms with van der Waals surface area (Å²) >= 11 is 0. The molecule has 8 aromatic rings. The predicted octanol–water partition coefficient (Wildman–Crippen LogP) is 7.87. The molecule has 0 saturated heterocycles. The second kappa shape index (κ2) is 12.0. The lowest BCUT2D eigenvalue weighted by Gasteiger charge is -2.36. The van der Waals surface area contributed by atoms with Crippen LogP contribution >= 0.6 is 0 Å². The third-order valence-corrected chi connectivity index (χ3v) is 8.82. The highest BCUT2D eigenvalue weighted by atomic mass is 16.1. The highest BCUT2D eigenvalue weighted by Crippen LogP contribution is 2.43. The summed E-state index contributed by atoms with van der Waals surface area (Å²) in [6.45, 7) is 0. The number of carbonyl (C=O) groups excluding carboxylic acids is 1. The largest absolute Gasteiger partial charge is 0.366 e. The second-order valence-electron chi connectivity index (χ2n) is 11.6. The van der Waals surface area contributed by atoms with Crippen molar-refractivity contribution in [1.29, 1.82) is 0 Å². The van der Waals surface area contributed by atoms with E-state index in [1.54, 1.807) is 18.3 Å². The maximum Gasteiger partial charge on any atom is 0.248 e. The SMILES string of the molecule is NC(=O)c1ccc(-c2nn(C(c3ccccc3)(c3ccccc3)c3ccccc3)cc2-c2ccc3ncc(-c4ccccn4)n3c2)cc1. The molecule has 48 heavy (non-hydrogen) atoms. The fourth-order valence-electron chi connectivity index (χ4n) is 6.54. The Hall–Kier alpha value is -6.60. The minimum Gasteiger partial charge on any atom is -0.366 e. The fourth-order valence-corrected chi connectivity index (χ4v) is 6.54. The zero-order chi connectivity index (χ0) is 32.5. The van der Waals surface area contributed by atoms with Crippen LogP contribution in [0.2, 0.25) is 0 Å². The molecule has 2 N–H and O–H groups in total.